The second-order valence-electron chi connectivity index (χ2n) is 1.94. The third kappa shape index (κ3) is 0.488. The maximum absolute atomic E-state index is 10.7. The van der Waals surface area contributed by atoms with E-state index in [-0.39, 0.29) is 11.9 Å². The number of carbonyl (C=O) groups excluding carboxylic acids is 1. The second-order valence-corrected chi connectivity index (χ2v) is 1.94. The van der Waals surface area contributed by atoms with Crippen LogP contribution in [-0.4, -0.2) is 11.9 Å². The van der Waals surface area contributed by atoms with E-state index in [1.54, 1.807) is 6.20 Å². The molecule has 0 aromatic rings. The Morgan fingerprint density at radius 3 is 3.11 bits per heavy atom. The van der Waals surface area contributed by atoms with Gasteiger partial charge in [-0.15, -0.1) is 0 Å². The highest BCUT2D eigenvalue weighted by Crippen LogP contribution is 2.05. The van der Waals surface area contributed by atoms with Gasteiger partial charge in [0.1, 0.15) is 6.04 Å². The highest BCUT2D eigenvalue weighted by Gasteiger charge is 2.31. The van der Waals surface area contributed by atoms with Crippen LogP contribution in [-0.2, 0) is 4.79 Å². The number of hydrogen-bond acceptors (Lipinski definition) is 4. The summed E-state index contributed by atoms with van der Waals surface area (Å²) in [5.74, 6) is -0.0498. The number of hydrazine groups is 2. The van der Waals surface area contributed by atoms with E-state index >= 15 is 0 Å². The summed E-state index contributed by atoms with van der Waals surface area (Å²) in [5.41, 5.74) is 11.5. The van der Waals surface area contributed by atoms with Gasteiger partial charge in [0.05, 0.1) is 5.70 Å². The fourth-order valence-electron chi connectivity index (χ4n) is 0.885. The van der Waals surface area contributed by atoms with Gasteiger partial charge in [-0.1, -0.05) is 0 Å². The van der Waals surface area contributed by atoms with Gasteiger partial charge >= 0.3 is 0 Å². The number of nitrogens with one attached hydrogen (secondary N) is 4. The van der Waals surface area contributed by atoms with Crippen molar-refractivity contribution in [2.45, 2.75) is 6.04 Å². The molecule has 48 valence electrons. The summed E-state index contributed by atoms with van der Waals surface area (Å²) in [7, 11) is 0. The molecule has 2 aliphatic rings. The normalized spacial score (nSPS) is 30.0. The number of fused-ring (bicyclic) bond motifs is 1. The highest BCUT2D eigenvalue weighted by molar-refractivity contribution is 5.87. The summed E-state index contributed by atoms with van der Waals surface area (Å²) in [4.78, 5) is 10.7. The smallest absolute Gasteiger partial charge is 0.263 e. The van der Waals surface area contributed by atoms with Crippen LogP contribution in [0.4, 0.5) is 0 Å². The van der Waals surface area contributed by atoms with Gasteiger partial charge in [-0.2, -0.15) is 0 Å². The van der Waals surface area contributed by atoms with Gasteiger partial charge < -0.3 is 5.43 Å². The quantitative estimate of drug-likeness (QED) is 0.301. The number of carbonyl (C=O) groups is 1. The van der Waals surface area contributed by atoms with Crippen molar-refractivity contribution in [2.75, 3.05) is 0 Å². The highest BCUT2D eigenvalue weighted by atomic mass is 16.2. The molecule has 0 spiro atoms. The molecule has 5 nitrogen and oxygen atoms in total. The molecular weight excluding hydrogens is 120 g/mol. The molecule has 0 aromatic heterocycles. The Kier molecular flexibility index (Phi) is 0.711. The van der Waals surface area contributed by atoms with Crippen LogP contribution >= 0.6 is 0 Å². The predicted molar refractivity (Wildman–Crippen MR) is 29.4 cm³/mol. The Morgan fingerprint density at radius 2 is 2.33 bits per heavy atom. The Balaban J connectivity index is 2.29. The average Bonchev–Trinajstić information content (AvgIpc) is 2.35. The van der Waals surface area contributed by atoms with Gasteiger partial charge in [-0.25, -0.2) is 5.43 Å². The zero-order valence-electron chi connectivity index (χ0n) is 4.56. The van der Waals surface area contributed by atoms with E-state index in [2.05, 4.69) is 21.7 Å². The molecule has 2 rings (SSSR count). The van der Waals surface area contributed by atoms with E-state index in [0.29, 0.717) is 0 Å². The van der Waals surface area contributed by atoms with Crippen LogP contribution in [0.25, 0.3) is 0 Å². The van der Waals surface area contributed by atoms with E-state index in [1.165, 1.54) is 0 Å². The van der Waals surface area contributed by atoms with E-state index in [9.17, 15) is 4.79 Å². The summed E-state index contributed by atoms with van der Waals surface area (Å²) < 4.78 is 0. The fraction of sp³-hybridized carbons (Fsp3) is 0.250. The molecule has 0 aromatic carbocycles. The minimum atomic E-state index is -0.218. The molecule has 0 saturated carbocycles. The first-order chi connectivity index (χ1) is 4.38. The summed E-state index contributed by atoms with van der Waals surface area (Å²) in [6, 6.07) is -0.218. The number of rotatable bonds is 0. The first kappa shape index (κ1) is 4.63. The first-order valence-corrected chi connectivity index (χ1v) is 2.65. The number of hydrogen-bond donors (Lipinski definition) is 4. The summed E-state index contributed by atoms with van der Waals surface area (Å²) in [6.45, 7) is 0. The molecule has 0 bridgehead atoms. The molecule has 2 heterocycles. The minimum absolute atomic E-state index is 0.0498. The van der Waals surface area contributed by atoms with Gasteiger partial charge in [-0.3, -0.25) is 15.6 Å². The Labute approximate surface area is 51.4 Å². The third-order valence-corrected chi connectivity index (χ3v) is 1.36. The lowest BCUT2D eigenvalue weighted by Crippen LogP contribution is -2.39. The zero-order chi connectivity index (χ0) is 6.27. The summed E-state index contributed by atoms with van der Waals surface area (Å²) in [5, 5.41) is 0. The maximum Gasteiger partial charge on any atom is 0.263 e. The van der Waals surface area contributed by atoms with Crippen LogP contribution in [0.3, 0.4) is 0 Å². The van der Waals surface area contributed by atoms with Crippen LogP contribution in [0.5, 0.6) is 0 Å². The van der Waals surface area contributed by atoms with Gasteiger partial charge in [0.15, 0.2) is 0 Å². The molecule has 2 aliphatic heterocycles. The van der Waals surface area contributed by atoms with Gasteiger partial charge in [-0.05, 0) is 0 Å². The SMILES string of the molecule is O=C1NNC2=CNNC12. The predicted octanol–water partition coefficient (Wildman–Crippen LogP) is -2.06. The minimum Gasteiger partial charge on any atom is -0.326 e. The maximum atomic E-state index is 10.7. The summed E-state index contributed by atoms with van der Waals surface area (Å²) in [6.07, 6.45) is 1.71. The van der Waals surface area contributed by atoms with Crippen LogP contribution in [0.1, 0.15) is 0 Å². The Hall–Kier alpha value is -1.23. The standard InChI is InChI=1S/C4H6N4O/c9-4-3-2(6-8-4)1-5-7-3/h1,3,5-7H,(H,8,9). The van der Waals surface area contributed by atoms with Crippen molar-refractivity contribution < 1.29 is 4.79 Å². The van der Waals surface area contributed by atoms with Gasteiger partial charge in [0, 0.05) is 6.20 Å². The van der Waals surface area contributed by atoms with Crippen LogP contribution < -0.4 is 21.7 Å². The molecule has 0 aliphatic carbocycles. The molecule has 5 heteroatoms. The molecule has 1 amide bonds. The molecule has 4 N–H and O–H groups in total. The van der Waals surface area contributed by atoms with Crippen molar-refractivity contribution >= 4 is 5.91 Å². The van der Waals surface area contributed by atoms with Gasteiger partial charge in [0.25, 0.3) is 5.91 Å². The lowest BCUT2D eigenvalue weighted by Gasteiger charge is -1.98. The molecule has 1 unspecified atom stereocenters. The monoisotopic (exact) mass is 126 g/mol. The fourth-order valence-corrected chi connectivity index (χ4v) is 0.885. The van der Waals surface area contributed by atoms with Crippen molar-refractivity contribution in [3.63, 3.8) is 0 Å². The van der Waals surface area contributed by atoms with Crippen LogP contribution in [0, 0.1) is 0 Å². The molecule has 1 fully saturated rings. The van der Waals surface area contributed by atoms with E-state index < -0.39 is 0 Å². The van der Waals surface area contributed by atoms with Crippen molar-refractivity contribution in [2.24, 2.45) is 0 Å². The van der Waals surface area contributed by atoms with Crippen LogP contribution in [0.2, 0.25) is 0 Å². The van der Waals surface area contributed by atoms with E-state index in [4.69, 9.17) is 0 Å². The molecule has 0 radical (unpaired) electrons. The van der Waals surface area contributed by atoms with Crippen molar-refractivity contribution in [1.29, 1.82) is 0 Å². The van der Waals surface area contributed by atoms with E-state index in [1.807, 2.05) is 0 Å². The average molecular weight is 126 g/mol. The van der Waals surface area contributed by atoms with Crippen molar-refractivity contribution in [3.05, 3.63) is 11.9 Å². The largest absolute Gasteiger partial charge is 0.326 e. The lowest BCUT2D eigenvalue weighted by molar-refractivity contribution is -0.121. The second kappa shape index (κ2) is 1.38. The van der Waals surface area contributed by atoms with Crippen molar-refractivity contribution in [3.8, 4) is 0 Å². The van der Waals surface area contributed by atoms with Gasteiger partial charge in [0.2, 0.25) is 0 Å². The third-order valence-electron chi connectivity index (χ3n) is 1.36. The Bertz CT molecular complexity index is 187. The Morgan fingerprint density at radius 1 is 1.44 bits per heavy atom. The molecular formula is C4H6N4O. The molecule has 1 saturated heterocycles. The number of amides is 1. The first-order valence-electron chi connectivity index (χ1n) is 2.65. The summed E-state index contributed by atoms with van der Waals surface area (Å²) >= 11 is 0. The molecule has 9 heavy (non-hydrogen) atoms. The van der Waals surface area contributed by atoms with Crippen molar-refractivity contribution in [1.82, 2.24) is 21.7 Å². The topological polar surface area (TPSA) is 65.2 Å². The molecule has 1 atom stereocenters. The van der Waals surface area contributed by atoms with Crippen LogP contribution in [0.15, 0.2) is 11.9 Å². The lowest BCUT2D eigenvalue weighted by atomic mass is 10.3. The van der Waals surface area contributed by atoms with E-state index in [0.717, 1.165) is 5.70 Å². The zero-order valence-corrected chi connectivity index (χ0v) is 4.56.